The number of anilines is 1. The summed E-state index contributed by atoms with van der Waals surface area (Å²) in [5.41, 5.74) is 0.685. The molecule has 0 aromatic carbocycles. The topological polar surface area (TPSA) is 70.2 Å². The van der Waals surface area contributed by atoms with Crippen molar-refractivity contribution in [2.45, 2.75) is 25.3 Å². The average Bonchev–Trinajstić information content (AvgIpc) is 2.96. The van der Waals surface area contributed by atoms with E-state index in [1.165, 1.54) is 12.8 Å². The molecule has 2 saturated heterocycles. The van der Waals surface area contributed by atoms with Crippen LogP contribution in [0.1, 0.15) is 19.3 Å². The minimum atomic E-state index is -0.0455. The third-order valence-corrected chi connectivity index (χ3v) is 5.51. The van der Waals surface area contributed by atoms with Crippen molar-refractivity contribution in [1.82, 2.24) is 19.7 Å². The first-order chi connectivity index (χ1) is 13.7. The molecule has 0 aliphatic carbocycles. The van der Waals surface area contributed by atoms with E-state index >= 15 is 0 Å². The fourth-order valence-electron chi connectivity index (χ4n) is 3.76. The molecule has 1 aromatic rings. The van der Waals surface area contributed by atoms with Gasteiger partial charge in [-0.1, -0.05) is 6.42 Å². The normalized spacial score (nSPS) is 21.9. The molecule has 0 bridgehead atoms. The fraction of sp³-hybridized carbons (Fsp3) is 0.700. The van der Waals surface area contributed by atoms with E-state index in [0.717, 1.165) is 45.7 Å². The lowest BCUT2D eigenvalue weighted by atomic mass is 10.1. The minimum Gasteiger partial charge on any atom is -0.475 e. The lowest BCUT2D eigenvalue weighted by molar-refractivity contribution is 0.0948. The maximum Gasteiger partial charge on any atom is 0.321 e. The van der Waals surface area contributed by atoms with Gasteiger partial charge in [0.1, 0.15) is 6.61 Å². The van der Waals surface area contributed by atoms with Crippen LogP contribution < -0.4 is 10.1 Å². The van der Waals surface area contributed by atoms with Crippen LogP contribution in [-0.2, 0) is 4.74 Å². The quantitative estimate of drug-likeness (QED) is 0.745. The third-order valence-electron chi connectivity index (χ3n) is 5.51. The summed E-state index contributed by atoms with van der Waals surface area (Å²) in [6, 6.07) is 4.00. The first kappa shape index (κ1) is 20.8. The minimum absolute atomic E-state index is 0.0455. The van der Waals surface area contributed by atoms with E-state index in [4.69, 9.17) is 9.47 Å². The number of urea groups is 1. The number of nitrogens with zero attached hydrogens (tertiary/aromatic N) is 4. The summed E-state index contributed by atoms with van der Waals surface area (Å²) in [6.07, 6.45) is 5.04. The Kier molecular flexibility index (Phi) is 7.88. The van der Waals surface area contributed by atoms with Crippen molar-refractivity contribution in [1.29, 1.82) is 0 Å². The first-order valence-corrected chi connectivity index (χ1v) is 10.2. The lowest BCUT2D eigenvalue weighted by Gasteiger charge is -2.39. The number of carbonyl (C=O) groups is 1. The molecule has 2 aliphatic rings. The van der Waals surface area contributed by atoms with E-state index < -0.39 is 0 Å². The molecule has 1 atom stereocenters. The van der Waals surface area contributed by atoms with Gasteiger partial charge < -0.3 is 24.6 Å². The second-order valence-electron chi connectivity index (χ2n) is 7.59. The van der Waals surface area contributed by atoms with E-state index in [2.05, 4.69) is 27.1 Å². The van der Waals surface area contributed by atoms with Gasteiger partial charge in [-0.15, -0.1) is 0 Å². The molecule has 28 heavy (non-hydrogen) atoms. The molecule has 2 aliphatic heterocycles. The van der Waals surface area contributed by atoms with Gasteiger partial charge in [-0.05, 0) is 26.0 Å². The summed E-state index contributed by atoms with van der Waals surface area (Å²) in [6.45, 7) is 6.96. The molecule has 3 heterocycles. The van der Waals surface area contributed by atoms with Crippen LogP contribution in [0.2, 0.25) is 0 Å². The number of nitrogens with one attached hydrogen (secondary N) is 1. The van der Waals surface area contributed by atoms with Gasteiger partial charge in [0.05, 0.1) is 18.5 Å². The number of methoxy groups -OCH3 is 1. The molecule has 0 saturated carbocycles. The van der Waals surface area contributed by atoms with E-state index in [1.807, 2.05) is 11.0 Å². The van der Waals surface area contributed by atoms with Crippen molar-refractivity contribution in [3.05, 3.63) is 18.3 Å². The van der Waals surface area contributed by atoms with E-state index in [0.29, 0.717) is 30.8 Å². The molecule has 8 nitrogen and oxygen atoms in total. The Morgan fingerprint density at radius 2 is 2.00 bits per heavy atom. The van der Waals surface area contributed by atoms with Crippen LogP contribution in [0.5, 0.6) is 5.88 Å². The van der Waals surface area contributed by atoms with Gasteiger partial charge in [-0.3, -0.25) is 4.90 Å². The number of piperazine rings is 1. The number of amides is 2. The number of carbonyl (C=O) groups excluding carboxylic acids is 1. The van der Waals surface area contributed by atoms with Gasteiger partial charge >= 0.3 is 6.03 Å². The van der Waals surface area contributed by atoms with E-state index in [1.54, 1.807) is 19.4 Å². The van der Waals surface area contributed by atoms with Crippen LogP contribution in [0.25, 0.3) is 0 Å². The number of aromatic nitrogens is 1. The highest BCUT2D eigenvalue weighted by atomic mass is 16.5. The van der Waals surface area contributed by atoms with Gasteiger partial charge in [-0.2, -0.15) is 0 Å². The number of likely N-dealkylation sites (N-methyl/N-ethyl adjacent to an activating group) is 1. The summed E-state index contributed by atoms with van der Waals surface area (Å²) < 4.78 is 10.4. The standard InChI is InChI=1S/C20H33N5O3/c1-23-9-11-24(12-10-23)18-5-3-4-8-25(16-18)20(26)22-17-6-7-19(21-15-17)28-14-13-27-2/h6-7,15,18H,3-5,8-14,16H2,1-2H3,(H,22,26)/t18-/m0/s1. The van der Waals surface area contributed by atoms with Crippen LogP contribution in [0.4, 0.5) is 10.5 Å². The summed E-state index contributed by atoms with van der Waals surface area (Å²) in [5.74, 6) is 0.528. The van der Waals surface area contributed by atoms with Crippen molar-refractivity contribution < 1.29 is 14.3 Å². The van der Waals surface area contributed by atoms with Gasteiger partial charge in [0.2, 0.25) is 5.88 Å². The number of ether oxygens (including phenoxy) is 2. The molecule has 0 spiro atoms. The van der Waals surface area contributed by atoms with E-state index in [9.17, 15) is 4.79 Å². The molecule has 1 N–H and O–H groups in total. The largest absolute Gasteiger partial charge is 0.475 e. The Labute approximate surface area is 167 Å². The third kappa shape index (κ3) is 6.05. The smallest absolute Gasteiger partial charge is 0.321 e. The molecular formula is C20H33N5O3. The molecule has 156 valence electrons. The van der Waals surface area contributed by atoms with Crippen LogP contribution >= 0.6 is 0 Å². The van der Waals surface area contributed by atoms with E-state index in [-0.39, 0.29) is 6.03 Å². The Balaban J connectivity index is 1.52. The zero-order valence-electron chi connectivity index (χ0n) is 17.1. The molecule has 1 aromatic heterocycles. The molecule has 8 heteroatoms. The van der Waals surface area contributed by atoms with Gasteiger partial charge in [0.25, 0.3) is 0 Å². The highest BCUT2D eigenvalue weighted by molar-refractivity contribution is 5.89. The monoisotopic (exact) mass is 391 g/mol. The molecule has 2 fully saturated rings. The lowest BCUT2D eigenvalue weighted by Crippen LogP contribution is -2.52. The van der Waals surface area contributed by atoms with Crippen molar-refractivity contribution in [2.75, 3.05) is 72.0 Å². The highest BCUT2D eigenvalue weighted by Crippen LogP contribution is 2.19. The Morgan fingerprint density at radius 3 is 2.71 bits per heavy atom. The SMILES string of the molecule is COCCOc1ccc(NC(=O)N2CCCC[C@H](N3CCN(C)CC3)C2)cn1. The highest BCUT2D eigenvalue weighted by Gasteiger charge is 2.28. The number of pyridine rings is 1. The van der Waals surface area contributed by atoms with Crippen molar-refractivity contribution >= 4 is 11.7 Å². The first-order valence-electron chi connectivity index (χ1n) is 10.2. The second-order valence-corrected chi connectivity index (χ2v) is 7.59. The Bertz CT molecular complexity index is 604. The average molecular weight is 392 g/mol. The zero-order chi connectivity index (χ0) is 19.8. The maximum atomic E-state index is 12.8. The van der Waals surface area contributed by atoms with Gasteiger partial charge in [-0.25, -0.2) is 9.78 Å². The summed E-state index contributed by atoms with van der Waals surface area (Å²) in [7, 11) is 3.80. The number of likely N-dealkylation sites (tertiary alicyclic amines) is 1. The van der Waals surface area contributed by atoms with Gasteiger partial charge in [0.15, 0.2) is 0 Å². The van der Waals surface area contributed by atoms with Crippen molar-refractivity contribution in [3.8, 4) is 5.88 Å². The number of rotatable bonds is 6. The van der Waals surface area contributed by atoms with Crippen molar-refractivity contribution in [3.63, 3.8) is 0 Å². The molecule has 3 rings (SSSR count). The fourth-order valence-corrected chi connectivity index (χ4v) is 3.76. The van der Waals surface area contributed by atoms with Crippen LogP contribution in [-0.4, -0.2) is 98.4 Å². The molecule has 0 unspecified atom stereocenters. The van der Waals surface area contributed by atoms with Crippen LogP contribution in [0.15, 0.2) is 18.3 Å². The maximum absolute atomic E-state index is 12.8. The number of hydrogen-bond acceptors (Lipinski definition) is 6. The predicted octanol–water partition coefficient (Wildman–Crippen LogP) is 1.74. The number of hydrogen-bond donors (Lipinski definition) is 1. The summed E-state index contributed by atoms with van der Waals surface area (Å²) >= 11 is 0. The second kappa shape index (κ2) is 10.6. The summed E-state index contributed by atoms with van der Waals surface area (Å²) in [5, 5.41) is 2.98. The van der Waals surface area contributed by atoms with Crippen molar-refractivity contribution in [2.24, 2.45) is 0 Å². The predicted molar refractivity (Wildman–Crippen MR) is 109 cm³/mol. The molecule has 2 amide bonds. The van der Waals surface area contributed by atoms with Crippen LogP contribution in [0, 0.1) is 0 Å². The van der Waals surface area contributed by atoms with Crippen LogP contribution in [0.3, 0.4) is 0 Å². The molecule has 0 radical (unpaired) electrons. The summed E-state index contributed by atoms with van der Waals surface area (Å²) in [4.78, 5) is 23.9. The molecular weight excluding hydrogens is 358 g/mol. The van der Waals surface area contributed by atoms with Gasteiger partial charge in [0, 0.05) is 58.5 Å². The zero-order valence-corrected chi connectivity index (χ0v) is 17.1. The Hall–Kier alpha value is -1.90. The Morgan fingerprint density at radius 1 is 1.18 bits per heavy atom.